The van der Waals surface area contributed by atoms with Crippen molar-refractivity contribution < 1.29 is 19.7 Å². The van der Waals surface area contributed by atoms with E-state index in [4.69, 9.17) is 0 Å². The molecule has 0 aromatic rings. The van der Waals surface area contributed by atoms with Crippen LogP contribution in [0.3, 0.4) is 0 Å². The van der Waals surface area contributed by atoms with Crippen LogP contribution >= 0.6 is 0 Å². The van der Waals surface area contributed by atoms with Gasteiger partial charge in [-0.05, 0) is 67.4 Å². The lowest BCUT2D eigenvalue weighted by Gasteiger charge is -2.61. The number of rotatable bonds is 0. The number of allylic oxidation sites excluding steroid dienone is 3. The minimum atomic E-state index is -1.34. The van der Waals surface area contributed by atoms with Crippen LogP contribution in [0.25, 0.3) is 0 Å². The Morgan fingerprint density at radius 2 is 1.87 bits per heavy atom. The van der Waals surface area contributed by atoms with Crippen LogP contribution in [0.4, 0.5) is 4.39 Å². The molecule has 0 unspecified atom stereocenters. The van der Waals surface area contributed by atoms with E-state index in [9.17, 15) is 15.3 Å². The first kappa shape index (κ1) is 15.6. The second-order valence-electron chi connectivity index (χ2n) is 8.72. The van der Waals surface area contributed by atoms with Gasteiger partial charge in [-0.25, -0.2) is 4.39 Å². The standard InChI is InChI=1S/C19H27FO3/c1-17-7-8-19(20)13(14(17)10-15(22)16(17)23)4-3-11-9-12(21)5-6-18(11,19)2/h5-6,9,11,13-16,21-23H,3-4,7-8,10H2,1-2H3/t11-,13+,14+,15-,16+,17+,18+,19-/m1/s1. The number of aliphatic hydroxyl groups is 3. The third-order valence-electron chi connectivity index (χ3n) is 7.91. The molecule has 0 aromatic heterocycles. The molecule has 0 aromatic carbocycles. The van der Waals surface area contributed by atoms with Crippen LogP contribution in [0.15, 0.2) is 24.0 Å². The number of hydrogen-bond acceptors (Lipinski definition) is 3. The Balaban J connectivity index is 1.75. The number of alkyl halides is 1. The van der Waals surface area contributed by atoms with Crippen molar-refractivity contribution in [2.24, 2.45) is 28.6 Å². The summed E-state index contributed by atoms with van der Waals surface area (Å²) < 4.78 is 16.4. The predicted octanol–water partition coefficient (Wildman–Crippen LogP) is 3.28. The van der Waals surface area contributed by atoms with Crippen LogP contribution in [-0.2, 0) is 0 Å². The van der Waals surface area contributed by atoms with Gasteiger partial charge in [0.25, 0.3) is 0 Å². The predicted molar refractivity (Wildman–Crippen MR) is 85.5 cm³/mol. The molecule has 3 saturated carbocycles. The lowest BCUT2D eigenvalue weighted by atomic mass is 9.45. The molecular weight excluding hydrogens is 295 g/mol. The number of fused-ring (bicyclic) bond motifs is 5. The summed E-state index contributed by atoms with van der Waals surface area (Å²) in [6.07, 6.45) is 6.96. The van der Waals surface area contributed by atoms with E-state index >= 15 is 4.39 Å². The van der Waals surface area contributed by atoms with Gasteiger partial charge in [0.15, 0.2) is 0 Å². The van der Waals surface area contributed by atoms with E-state index in [1.807, 2.05) is 26.0 Å². The first-order valence-corrected chi connectivity index (χ1v) is 8.87. The van der Waals surface area contributed by atoms with Gasteiger partial charge < -0.3 is 15.3 Å². The molecule has 0 aliphatic heterocycles. The molecule has 0 spiro atoms. The normalized spacial score (nSPS) is 58.1. The topological polar surface area (TPSA) is 60.7 Å². The first-order valence-electron chi connectivity index (χ1n) is 8.87. The van der Waals surface area contributed by atoms with E-state index in [0.717, 1.165) is 12.8 Å². The third kappa shape index (κ3) is 1.77. The van der Waals surface area contributed by atoms with Gasteiger partial charge in [-0.2, -0.15) is 0 Å². The first-order chi connectivity index (χ1) is 10.7. The lowest BCUT2D eigenvalue weighted by Crippen LogP contribution is -2.61. The molecule has 4 rings (SSSR count). The third-order valence-corrected chi connectivity index (χ3v) is 7.91. The van der Waals surface area contributed by atoms with Crippen LogP contribution in [-0.4, -0.2) is 33.2 Å². The number of hydrogen-bond donors (Lipinski definition) is 3. The van der Waals surface area contributed by atoms with Crippen LogP contribution in [0.1, 0.15) is 46.0 Å². The molecule has 0 heterocycles. The highest BCUT2D eigenvalue weighted by atomic mass is 19.1. The molecule has 128 valence electrons. The Hall–Kier alpha value is -0.870. The van der Waals surface area contributed by atoms with Gasteiger partial charge in [0.05, 0.1) is 12.2 Å². The summed E-state index contributed by atoms with van der Waals surface area (Å²) in [6, 6.07) is 0. The monoisotopic (exact) mass is 322 g/mol. The highest BCUT2D eigenvalue weighted by Crippen LogP contribution is 2.68. The average molecular weight is 322 g/mol. The van der Waals surface area contributed by atoms with E-state index in [1.165, 1.54) is 0 Å². The molecule has 4 aliphatic rings. The SMILES string of the molecule is C[C@]12CC[C@@]3(F)[C@@H](CC[C@@H]4C=C(O)C=C[C@@]43C)[C@@H]1C[C@@H](O)[C@@H]2O. The molecule has 23 heavy (non-hydrogen) atoms. The van der Waals surface area contributed by atoms with Gasteiger partial charge in [-0.15, -0.1) is 0 Å². The summed E-state index contributed by atoms with van der Waals surface area (Å²) in [7, 11) is 0. The fraction of sp³-hybridized carbons (Fsp3) is 0.789. The quantitative estimate of drug-likeness (QED) is 0.641. The lowest BCUT2D eigenvalue weighted by molar-refractivity contribution is -0.165. The highest BCUT2D eigenvalue weighted by molar-refractivity contribution is 5.31. The van der Waals surface area contributed by atoms with Crippen LogP contribution in [0.5, 0.6) is 0 Å². The van der Waals surface area contributed by atoms with E-state index in [0.29, 0.717) is 19.3 Å². The highest BCUT2D eigenvalue weighted by Gasteiger charge is 2.68. The van der Waals surface area contributed by atoms with Crippen molar-refractivity contribution in [1.82, 2.24) is 0 Å². The number of halogens is 1. The van der Waals surface area contributed by atoms with E-state index < -0.39 is 23.3 Å². The van der Waals surface area contributed by atoms with Crippen molar-refractivity contribution in [2.45, 2.75) is 63.8 Å². The second-order valence-corrected chi connectivity index (χ2v) is 8.72. The molecule has 4 heteroatoms. The van der Waals surface area contributed by atoms with Crippen LogP contribution < -0.4 is 0 Å². The second kappa shape index (κ2) is 4.60. The smallest absolute Gasteiger partial charge is 0.123 e. The summed E-state index contributed by atoms with van der Waals surface area (Å²) in [4.78, 5) is 0. The fourth-order valence-corrected chi connectivity index (χ4v) is 6.33. The van der Waals surface area contributed by atoms with Gasteiger partial charge in [-0.1, -0.05) is 19.9 Å². The molecule has 8 atom stereocenters. The average Bonchev–Trinajstić information content (AvgIpc) is 2.73. The Labute approximate surface area is 136 Å². The summed E-state index contributed by atoms with van der Waals surface area (Å²) in [5.74, 6) is 0.153. The van der Waals surface area contributed by atoms with Crippen molar-refractivity contribution >= 4 is 0 Å². The molecule has 3 N–H and O–H groups in total. The van der Waals surface area contributed by atoms with Gasteiger partial charge in [0, 0.05) is 5.41 Å². The largest absolute Gasteiger partial charge is 0.508 e. The molecule has 0 bridgehead atoms. The maximum atomic E-state index is 16.4. The zero-order valence-electron chi connectivity index (χ0n) is 13.9. The van der Waals surface area contributed by atoms with Crippen molar-refractivity contribution in [3.05, 3.63) is 24.0 Å². The molecule has 3 fully saturated rings. The number of aliphatic hydroxyl groups excluding tert-OH is 3. The van der Waals surface area contributed by atoms with E-state index in [1.54, 1.807) is 6.08 Å². The summed E-state index contributed by atoms with van der Waals surface area (Å²) >= 11 is 0. The zero-order chi connectivity index (χ0) is 16.6. The molecule has 0 radical (unpaired) electrons. The van der Waals surface area contributed by atoms with Crippen molar-refractivity contribution in [3.63, 3.8) is 0 Å². The minimum Gasteiger partial charge on any atom is -0.508 e. The minimum absolute atomic E-state index is 0.0226. The molecule has 0 amide bonds. The van der Waals surface area contributed by atoms with Crippen LogP contribution in [0, 0.1) is 28.6 Å². The van der Waals surface area contributed by atoms with Crippen molar-refractivity contribution in [2.75, 3.05) is 0 Å². The maximum Gasteiger partial charge on any atom is 0.123 e. The Bertz CT molecular complexity index is 587. The van der Waals surface area contributed by atoms with Gasteiger partial charge in [0.1, 0.15) is 11.4 Å². The summed E-state index contributed by atoms with van der Waals surface area (Å²) in [6.45, 7) is 4.00. The van der Waals surface area contributed by atoms with Gasteiger partial charge >= 0.3 is 0 Å². The maximum absolute atomic E-state index is 16.4. The molecule has 4 aliphatic carbocycles. The fourth-order valence-electron chi connectivity index (χ4n) is 6.33. The summed E-state index contributed by atoms with van der Waals surface area (Å²) in [5, 5.41) is 30.4. The Morgan fingerprint density at radius 1 is 1.13 bits per heavy atom. The molecule has 0 saturated heterocycles. The molecule has 3 nitrogen and oxygen atoms in total. The zero-order valence-corrected chi connectivity index (χ0v) is 13.9. The van der Waals surface area contributed by atoms with Gasteiger partial charge in [0.2, 0.25) is 0 Å². The summed E-state index contributed by atoms with van der Waals surface area (Å²) in [5.41, 5.74) is -2.32. The van der Waals surface area contributed by atoms with Crippen LogP contribution in [0.2, 0.25) is 0 Å². The molecular formula is C19H27FO3. The Kier molecular flexibility index (Phi) is 3.13. The van der Waals surface area contributed by atoms with E-state index in [2.05, 4.69) is 0 Å². The Morgan fingerprint density at radius 3 is 2.61 bits per heavy atom. The van der Waals surface area contributed by atoms with Gasteiger partial charge in [-0.3, -0.25) is 0 Å². The van der Waals surface area contributed by atoms with E-state index in [-0.39, 0.29) is 28.9 Å². The van der Waals surface area contributed by atoms with Crippen molar-refractivity contribution in [1.29, 1.82) is 0 Å². The van der Waals surface area contributed by atoms with Crippen molar-refractivity contribution in [3.8, 4) is 0 Å².